The zero-order valence-corrected chi connectivity index (χ0v) is 18.8. The van der Waals surface area contributed by atoms with Gasteiger partial charge >= 0.3 is 0 Å². The molecular formula is C27H34N4O. The lowest BCUT2D eigenvalue weighted by Crippen LogP contribution is -2.45. The van der Waals surface area contributed by atoms with Gasteiger partial charge in [-0.25, -0.2) is 4.98 Å². The number of nitrogens with one attached hydrogen (secondary N) is 1. The van der Waals surface area contributed by atoms with Crippen molar-refractivity contribution in [2.24, 2.45) is 5.92 Å². The van der Waals surface area contributed by atoms with Gasteiger partial charge in [0.1, 0.15) is 12.4 Å². The van der Waals surface area contributed by atoms with Crippen molar-refractivity contribution in [3.63, 3.8) is 0 Å². The summed E-state index contributed by atoms with van der Waals surface area (Å²) in [6.45, 7) is 6.27. The molecule has 0 spiro atoms. The molecule has 0 amide bonds. The minimum absolute atomic E-state index is 0.441. The highest BCUT2D eigenvalue weighted by atomic mass is 16.5. The van der Waals surface area contributed by atoms with Crippen LogP contribution in [0.4, 0.5) is 0 Å². The van der Waals surface area contributed by atoms with E-state index in [0.717, 1.165) is 57.9 Å². The molecule has 1 aromatic heterocycles. The van der Waals surface area contributed by atoms with Gasteiger partial charge in [0, 0.05) is 31.7 Å². The Morgan fingerprint density at radius 2 is 1.66 bits per heavy atom. The van der Waals surface area contributed by atoms with Gasteiger partial charge < -0.3 is 9.72 Å². The zero-order chi connectivity index (χ0) is 21.6. The van der Waals surface area contributed by atoms with E-state index in [-0.39, 0.29) is 0 Å². The van der Waals surface area contributed by atoms with E-state index in [1.54, 1.807) is 0 Å². The lowest BCUT2D eigenvalue weighted by Gasteiger charge is -2.43. The summed E-state index contributed by atoms with van der Waals surface area (Å²) in [6.07, 6.45) is 6.53. The molecule has 5 rings (SSSR count). The van der Waals surface area contributed by atoms with Crippen LogP contribution in [0.3, 0.4) is 0 Å². The molecule has 1 fully saturated rings. The first-order chi connectivity index (χ1) is 15.9. The molecule has 5 nitrogen and oxygen atoms in total. The quantitative estimate of drug-likeness (QED) is 0.577. The summed E-state index contributed by atoms with van der Waals surface area (Å²) < 4.78 is 5.91. The van der Waals surface area contributed by atoms with Crippen molar-refractivity contribution in [2.45, 2.75) is 31.7 Å². The number of fused-ring (bicyclic) bond motifs is 1. The molecule has 1 atom stereocenters. The molecule has 5 heteroatoms. The number of benzene rings is 2. The number of rotatable bonds is 8. The molecule has 168 valence electrons. The summed E-state index contributed by atoms with van der Waals surface area (Å²) in [7, 11) is 0. The maximum absolute atomic E-state index is 5.91. The highest BCUT2D eigenvalue weighted by Crippen LogP contribution is 2.38. The SMILES string of the molecule is c1ccc(CCN2CCc3[nH]cnc3C2C2CCN(CCOc3ccccc3)CC2)cc1. The molecule has 2 aliphatic heterocycles. The van der Waals surface area contributed by atoms with Gasteiger partial charge in [-0.1, -0.05) is 48.5 Å². The minimum Gasteiger partial charge on any atom is -0.492 e. The molecule has 1 N–H and O–H groups in total. The van der Waals surface area contributed by atoms with E-state index >= 15 is 0 Å². The number of hydrogen-bond acceptors (Lipinski definition) is 4. The molecule has 1 saturated heterocycles. The molecular weight excluding hydrogens is 396 g/mol. The van der Waals surface area contributed by atoms with Crippen LogP contribution in [0, 0.1) is 5.92 Å². The summed E-state index contributed by atoms with van der Waals surface area (Å²) in [5.41, 5.74) is 4.08. The average molecular weight is 431 g/mol. The zero-order valence-electron chi connectivity index (χ0n) is 18.8. The van der Waals surface area contributed by atoms with Gasteiger partial charge in [0.15, 0.2) is 0 Å². The molecule has 0 bridgehead atoms. The number of aromatic amines is 1. The molecule has 0 radical (unpaired) electrons. The van der Waals surface area contributed by atoms with Crippen LogP contribution in [0.15, 0.2) is 67.0 Å². The first kappa shape index (κ1) is 21.2. The molecule has 32 heavy (non-hydrogen) atoms. The summed E-state index contributed by atoms with van der Waals surface area (Å²) in [4.78, 5) is 13.5. The van der Waals surface area contributed by atoms with E-state index in [4.69, 9.17) is 9.72 Å². The number of hydrogen-bond donors (Lipinski definition) is 1. The molecule has 2 aliphatic rings. The summed E-state index contributed by atoms with van der Waals surface area (Å²) in [5.74, 6) is 1.63. The number of nitrogens with zero attached hydrogens (tertiary/aromatic N) is 3. The van der Waals surface area contributed by atoms with Crippen molar-refractivity contribution < 1.29 is 4.74 Å². The van der Waals surface area contributed by atoms with Crippen LogP contribution >= 0.6 is 0 Å². The van der Waals surface area contributed by atoms with E-state index in [1.807, 2.05) is 36.7 Å². The van der Waals surface area contributed by atoms with Crippen LogP contribution in [0.1, 0.15) is 35.8 Å². The number of imidazole rings is 1. The summed E-state index contributed by atoms with van der Waals surface area (Å²) in [5, 5.41) is 0. The second kappa shape index (κ2) is 10.3. The van der Waals surface area contributed by atoms with Gasteiger partial charge in [-0.3, -0.25) is 9.80 Å². The minimum atomic E-state index is 0.441. The second-order valence-electron chi connectivity index (χ2n) is 9.07. The molecule has 0 aliphatic carbocycles. The number of piperidine rings is 1. The normalized spacial score (nSPS) is 20.2. The standard InChI is InChI=1S/C27H34N4O/c1-3-7-22(8-4-1)11-17-31-18-14-25-26(29-21-28-25)27(31)23-12-15-30(16-13-23)19-20-32-24-9-5-2-6-10-24/h1-10,21,23,27H,11-20H2,(H,28,29). The van der Waals surface area contributed by atoms with Crippen LogP contribution < -0.4 is 4.74 Å². The first-order valence-corrected chi connectivity index (χ1v) is 12.1. The number of likely N-dealkylation sites (tertiary alicyclic amines) is 1. The molecule has 3 aromatic rings. The van der Waals surface area contributed by atoms with Crippen molar-refractivity contribution in [1.82, 2.24) is 19.8 Å². The van der Waals surface area contributed by atoms with E-state index in [9.17, 15) is 0 Å². The number of para-hydroxylation sites is 1. The van der Waals surface area contributed by atoms with Gasteiger partial charge in [-0.2, -0.15) is 0 Å². The second-order valence-corrected chi connectivity index (χ2v) is 9.07. The van der Waals surface area contributed by atoms with E-state index in [2.05, 4.69) is 45.1 Å². The lowest BCUT2D eigenvalue weighted by molar-refractivity contribution is 0.0722. The Balaban J connectivity index is 1.17. The van der Waals surface area contributed by atoms with E-state index in [1.165, 1.54) is 29.8 Å². The third kappa shape index (κ3) is 5.05. The lowest BCUT2D eigenvalue weighted by atomic mass is 9.83. The molecule has 2 aromatic carbocycles. The third-order valence-corrected chi connectivity index (χ3v) is 7.10. The predicted molar refractivity (Wildman–Crippen MR) is 128 cm³/mol. The third-order valence-electron chi connectivity index (χ3n) is 7.10. The van der Waals surface area contributed by atoms with Crippen LogP contribution in [0.2, 0.25) is 0 Å². The fourth-order valence-electron chi connectivity index (χ4n) is 5.35. The Kier molecular flexibility index (Phi) is 6.85. The largest absolute Gasteiger partial charge is 0.492 e. The van der Waals surface area contributed by atoms with Crippen molar-refractivity contribution in [3.05, 3.63) is 83.9 Å². The van der Waals surface area contributed by atoms with Crippen LogP contribution in [0.25, 0.3) is 0 Å². The number of aromatic nitrogens is 2. The first-order valence-electron chi connectivity index (χ1n) is 12.1. The predicted octanol–water partition coefficient (Wildman–Crippen LogP) is 4.34. The molecule has 3 heterocycles. The Hall–Kier alpha value is -2.63. The summed E-state index contributed by atoms with van der Waals surface area (Å²) in [6, 6.07) is 21.5. The van der Waals surface area contributed by atoms with Gasteiger partial charge in [-0.15, -0.1) is 0 Å². The van der Waals surface area contributed by atoms with Crippen LogP contribution in [-0.2, 0) is 12.8 Å². The fraction of sp³-hybridized carbons (Fsp3) is 0.444. The Bertz CT molecular complexity index is 950. The van der Waals surface area contributed by atoms with Crippen LogP contribution in [0.5, 0.6) is 5.75 Å². The Morgan fingerprint density at radius 3 is 2.44 bits per heavy atom. The maximum Gasteiger partial charge on any atom is 0.119 e. The van der Waals surface area contributed by atoms with Crippen molar-refractivity contribution in [3.8, 4) is 5.75 Å². The monoisotopic (exact) mass is 430 g/mol. The van der Waals surface area contributed by atoms with Gasteiger partial charge in [0.25, 0.3) is 0 Å². The summed E-state index contributed by atoms with van der Waals surface area (Å²) >= 11 is 0. The van der Waals surface area contributed by atoms with Gasteiger partial charge in [0.2, 0.25) is 0 Å². The Morgan fingerprint density at radius 1 is 0.906 bits per heavy atom. The highest BCUT2D eigenvalue weighted by molar-refractivity contribution is 5.22. The van der Waals surface area contributed by atoms with Gasteiger partial charge in [-0.05, 0) is 56.0 Å². The van der Waals surface area contributed by atoms with E-state index < -0.39 is 0 Å². The average Bonchev–Trinajstić information content (AvgIpc) is 3.33. The topological polar surface area (TPSA) is 44.4 Å². The molecule has 0 saturated carbocycles. The van der Waals surface area contributed by atoms with Gasteiger partial charge in [0.05, 0.1) is 18.1 Å². The highest BCUT2D eigenvalue weighted by Gasteiger charge is 2.36. The van der Waals surface area contributed by atoms with E-state index in [0.29, 0.717) is 12.0 Å². The molecule has 1 unspecified atom stereocenters. The maximum atomic E-state index is 5.91. The Labute approximate surface area is 191 Å². The fourth-order valence-corrected chi connectivity index (χ4v) is 5.35. The van der Waals surface area contributed by atoms with Crippen molar-refractivity contribution >= 4 is 0 Å². The van der Waals surface area contributed by atoms with Crippen LogP contribution in [-0.4, -0.2) is 59.1 Å². The van der Waals surface area contributed by atoms with Crippen molar-refractivity contribution in [1.29, 1.82) is 0 Å². The number of H-pyrrole nitrogens is 1. The number of ether oxygens (including phenoxy) is 1. The smallest absolute Gasteiger partial charge is 0.119 e. The van der Waals surface area contributed by atoms with Crippen molar-refractivity contribution in [2.75, 3.05) is 39.3 Å².